The van der Waals surface area contributed by atoms with Crippen molar-refractivity contribution in [3.63, 3.8) is 0 Å². The molecule has 0 saturated heterocycles. The predicted octanol–water partition coefficient (Wildman–Crippen LogP) is 2.67. The molecule has 0 radical (unpaired) electrons. The second kappa shape index (κ2) is 5.01. The molecule has 0 amide bonds. The zero-order chi connectivity index (χ0) is 10.6. The first-order valence-electron chi connectivity index (χ1n) is 5.09. The van der Waals surface area contributed by atoms with Crippen molar-refractivity contribution in [3.8, 4) is 5.75 Å². The molecule has 1 atom stereocenters. The molecule has 78 valence electrons. The van der Waals surface area contributed by atoms with Gasteiger partial charge < -0.3 is 10.5 Å². The van der Waals surface area contributed by atoms with Gasteiger partial charge in [0, 0.05) is 6.54 Å². The van der Waals surface area contributed by atoms with Crippen LogP contribution in [0, 0.1) is 0 Å². The van der Waals surface area contributed by atoms with Crippen LogP contribution >= 0.6 is 0 Å². The van der Waals surface area contributed by atoms with Crippen LogP contribution < -0.4 is 10.5 Å². The highest BCUT2D eigenvalue weighted by atomic mass is 16.5. The summed E-state index contributed by atoms with van der Waals surface area (Å²) in [6, 6.07) is 6.22. The summed E-state index contributed by atoms with van der Waals surface area (Å²) >= 11 is 0. The fourth-order valence-corrected chi connectivity index (χ4v) is 1.51. The van der Waals surface area contributed by atoms with Crippen LogP contribution in [-0.4, -0.2) is 7.11 Å². The first-order valence-corrected chi connectivity index (χ1v) is 5.09. The van der Waals surface area contributed by atoms with Crippen LogP contribution in [0.2, 0.25) is 0 Å². The molecule has 0 aliphatic heterocycles. The van der Waals surface area contributed by atoms with Crippen LogP contribution in [-0.2, 0) is 6.54 Å². The maximum absolute atomic E-state index is 5.58. The van der Waals surface area contributed by atoms with E-state index in [9.17, 15) is 0 Å². The second-order valence-electron chi connectivity index (χ2n) is 3.59. The Morgan fingerprint density at radius 3 is 2.64 bits per heavy atom. The fourth-order valence-electron chi connectivity index (χ4n) is 1.51. The molecule has 1 aromatic carbocycles. The van der Waals surface area contributed by atoms with E-state index in [1.54, 1.807) is 7.11 Å². The minimum atomic E-state index is 0.539. The van der Waals surface area contributed by atoms with Crippen LogP contribution in [0.1, 0.15) is 37.3 Å². The van der Waals surface area contributed by atoms with E-state index in [4.69, 9.17) is 10.5 Å². The van der Waals surface area contributed by atoms with Gasteiger partial charge in [-0.3, -0.25) is 0 Å². The van der Waals surface area contributed by atoms with Gasteiger partial charge in [0.15, 0.2) is 0 Å². The summed E-state index contributed by atoms with van der Waals surface area (Å²) in [4.78, 5) is 0. The molecule has 0 aliphatic carbocycles. The van der Waals surface area contributed by atoms with Crippen molar-refractivity contribution in [2.24, 2.45) is 5.73 Å². The Morgan fingerprint density at radius 1 is 1.43 bits per heavy atom. The van der Waals surface area contributed by atoms with Crippen molar-refractivity contribution in [1.82, 2.24) is 0 Å². The lowest BCUT2D eigenvalue weighted by molar-refractivity contribution is 0.405. The van der Waals surface area contributed by atoms with Gasteiger partial charge in [0.1, 0.15) is 5.75 Å². The highest BCUT2D eigenvalue weighted by molar-refractivity contribution is 5.39. The van der Waals surface area contributed by atoms with E-state index in [0.717, 1.165) is 17.7 Å². The van der Waals surface area contributed by atoms with Crippen LogP contribution in [0.4, 0.5) is 0 Å². The second-order valence-corrected chi connectivity index (χ2v) is 3.59. The van der Waals surface area contributed by atoms with E-state index in [2.05, 4.69) is 26.0 Å². The third-order valence-corrected chi connectivity index (χ3v) is 2.68. The first kappa shape index (κ1) is 11.1. The monoisotopic (exact) mass is 193 g/mol. The normalized spacial score (nSPS) is 12.6. The SMILES string of the molecule is CCC(C)c1ccc(CN)cc1OC. The molecule has 1 rings (SSSR count). The maximum atomic E-state index is 5.58. The Balaban J connectivity index is 3.04. The molecule has 0 aliphatic rings. The molecule has 14 heavy (non-hydrogen) atoms. The van der Waals surface area contributed by atoms with Crippen LogP contribution in [0.5, 0.6) is 5.75 Å². The van der Waals surface area contributed by atoms with E-state index >= 15 is 0 Å². The van der Waals surface area contributed by atoms with Gasteiger partial charge in [-0.2, -0.15) is 0 Å². The van der Waals surface area contributed by atoms with Crippen LogP contribution in [0.3, 0.4) is 0 Å². The van der Waals surface area contributed by atoms with Gasteiger partial charge in [-0.15, -0.1) is 0 Å². The molecular formula is C12H19NO. The summed E-state index contributed by atoms with van der Waals surface area (Å²) in [6.07, 6.45) is 1.12. The standard InChI is InChI=1S/C12H19NO/c1-4-9(2)11-6-5-10(8-13)7-12(11)14-3/h5-7,9H,4,8,13H2,1-3H3. The smallest absolute Gasteiger partial charge is 0.122 e. The number of nitrogens with two attached hydrogens (primary N) is 1. The number of rotatable bonds is 4. The number of hydrogen-bond acceptors (Lipinski definition) is 2. The lowest BCUT2D eigenvalue weighted by atomic mass is 9.96. The minimum Gasteiger partial charge on any atom is -0.496 e. The predicted molar refractivity (Wildman–Crippen MR) is 59.6 cm³/mol. The molecule has 2 nitrogen and oxygen atoms in total. The molecule has 0 spiro atoms. The summed E-state index contributed by atoms with van der Waals surface area (Å²) < 4.78 is 5.36. The molecule has 1 aromatic rings. The third kappa shape index (κ3) is 2.26. The molecular weight excluding hydrogens is 174 g/mol. The summed E-state index contributed by atoms with van der Waals surface area (Å²) in [5.74, 6) is 1.50. The van der Waals surface area contributed by atoms with E-state index in [-0.39, 0.29) is 0 Å². The summed E-state index contributed by atoms with van der Waals surface area (Å²) in [5.41, 5.74) is 7.97. The van der Waals surface area contributed by atoms with Crippen molar-refractivity contribution in [1.29, 1.82) is 0 Å². The van der Waals surface area contributed by atoms with Crippen molar-refractivity contribution < 1.29 is 4.74 Å². The van der Waals surface area contributed by atoms with Crippen molar-refractivity contribution in [3.05, 3.63) is 29.3 Å². The number of ether oxygens (including phenoxy) is 1. The average molecular weight is 193 g/mol. The molecule has 0 aromatic heterocycles. The maximum Gasteiger partial charge on any atom is 0.122 e. The van der Waals surface area contributed by atoms with Gasteiger partial charge in [-0.1, -0.05) is 26.0 Å². The van der Waals surface area contributed by atoms with Gasteiger partial charge >= 0.3 is 0 Å². The molecule has 0 bridgehead atoms. The van der Waals surface area contributed by atoms with Gasteiger partial charge in [0.25, 0.3) is 0 Å². The van der Waals surface area contributed by atoms with E-state index < -0.39 is 0 Å². The molecule has 0 fully saturated rings. The van der Waals surface area contributed by atoms with Crippen molar-refractivity contribution >= 4 is 0 Å². The average Bonchev–Trinajstić information content (AvgIpc) is 2.27. The third-order valence-electron chi connectivity index (χ3n) is 2.68. The van der Waals surface area contributed by atoms with Gasteiger partial charge in [0.05, 0.1) is 7.11 Å². The summed E-state index contributed by atoms with van der Waals surface area (Å²) in [7, 11) is 1.71. The molecule has 2 heteroatoms. The minimum absolute atomic E-state index is 0.539. The Bertz CT molecular complexity index is 296. The zero-order valence-electron chi connectivity index (χ0n) is 9.21. The highest BCUT2D eigenvalue weighted by Gasteiger charge is 2.09. The van der Waals surface area contributed by atoms with Crippen molar-refractivity contribution in [2.45, 2.75) is 32.7 Å². The van der Waals surface area contributed by atoms with E-state index in [0.29, 0.717) is 12.5 Å². The van der Waals surface area contributed by atoms with Crippen LogP contribution in [0.25, 0.3) is 0 Å². The largest absolute Gasteiger partial charge is 0.496 e. The number of benzene rings is 1. The summed E-state index contributed by atoms with van der Waals surface area (Å²) in [6.45, 7) is 4.96. The quantitative estimate of drug-likeness (QED) is 0.798. The lowest BCUT2D eigenvalue weighted by Gasteiger charge is -2.14. The van der Waals surface area contributed by atoms with Crippen molar-refractivity contribution in [2.75, 3.05) is 7.11 Å². The van der Waals surface area contributed by atoms with E-state index in [1.807, 2.05) is 6.07 Å². The fraction of sp³-hybridized carbons (Fsp3) is 0.500. The molecule has 2 N–H and O–H groups in total. The highest BCUT2D eigenvalue weighted by Crippen LogP contribution is 2.29. The lowest BCUT2D eigenvalue weighted by Crippen LogP contribution is -2.01. The van der Waals surface area contributed by atoms with E-state index in [1.165, 1.54) is 5.56 Å². The Morgan fingerprint density at radius 2 is 2.14 bits per heavy atom. The summed E-state index contributed by atoms with van der Waals surface area (Å²) in [5, 5.41) is 0. The first-order chi connectivity index (χ1) is 6.72. The zero-order valence-corrected chi connectivity index (χ0v) is 9.21. The number of methoxy groups -OCH3 is 1. The number of hydrogen-bond donors (Lipinski definition) is 1. The molecule has 0 heterocycles. The topological polar surface area (TPSA) is 35.2 Å². The van der Waals surface area contributed by atoms with Gasteiger partial charge in [-0.05, 0) is 29.5 Å². The Kier molecular flexibility index (Phi) is 3.96. The van der Waals surface area contributed by atoms with Crippen LogP contribution in [0.15, 0.2) is 18.2 Å². The van der Waals surface area contributed by atoms with Gasteiger partial charge in [-0.25, -0.2) is 0 Å². The Hall–Kier alpha value is -1.02. The molecule has 1 unspecified atom stereocenters. The molecule has 0 saturated carbocycles. The Labute approximate surface area is 86.1 Å². The van der Waals surface area contributed by atoms with Gasteiger partial charge in [0.2, 0.25) is 0 Å².